The highest BCUT2D eigenvalue weighted by Gasteiger charge is 2.16. The third-order valence-electron chi connectivity index (χ3n) is 5.94. The number of anilines is 1. The van der Waals surface area contributed by atoms with Gasteiger partial charge >= 0.3 is 0 Å². The van der Waals surface area contributed by atoms with Crippen LogP contribution in [-0.4, -0.2) is 26.2 Å². The summed E-state index contributed by atoms with van der Waals surface area (Å²) in [4.78, 5) is 8.79. The van der Waals surface area contributed by atoms with Gasteiger partial charge in [0.15, 0.2) is 0 Å². The highest BCUT2D eigenvalue weighted by Crippen LogP contribution is 2.28. The Morgan fingerprint density at radius 2 is 1.84 bits per heavy atom. The summed E-state index contributed by atoms with van der Waals surface area (Å²) in [7, 11) is 0. The molecule has 0 saturated heterocycles. The van der Waals surface area contributed by atoms with E-state index in [1.165, 1.54) is 25.7 Å². The molecule has 3 aromatic heterocycles. The zero-order valence-corrected chi connectivity index (χ0v) is 17.9. The first-order chi connectivity index (χ1) is 15.7. The Morgan fingerprint density at radius 3 is 2.59 bits per heavy atom. The zero-order chi connectivity index (χ0) is 21.9. The minimum atomic E-state index is 0.520. The summed E-state index contributed by atoms with van der Waals surface area (Å²) in [6.45, 7) is 8.36. The number of fused-ring (bicyclic) bond motifs is 1. The summed E-state index contributed by atoms with van der Waals surface area (Å²) in [6, 6.07) is 14.7. The van der Waals surface area contributed by atoms with Crippen molar-refractivity contribution in [2.45, 2.75) is 31.7 Å². The van der Waals surface area contributed by atoms with Crippen molar-refractivity contribution >= 4 is 28.0 Å². The van der Waals surface area contributed by atoms with Gasteiger partial charge in [-0.05, 0) is 48.7 Å². The fraction of sp³-hybridized carbons (Fsp3) is 0.192. The second kappa shape index (κ2) is 8.67. The standard InChI is InChI=1S/C26H26N6/c1-17(29-21-7-3-4-8-21)24-12-10-22(16-28-24)30-18(2)26-23-14-19(9-11-25(23)31-32-26)20-6-5-13-27-15-20/h5-6,9-16,21,29-30H,1-4,7-8H2,(H,31,32). The molecule has 0 amide bonds. The average Bonchev–Trinajstić information content (AvgIpc) is 3.49. The van der Waals surface area contributed by atoms with E-state index in [0.29, 0.717) is 11.7 Å². The third kappa shape index (κ3) is 4.12. The number of hydrogen-bond donors (Lipinski definition) is 3. The zero-order valence-electron chi connectivity index (χ0n) is 17.9. The maximum Gasteiger partial charge on any atom is 0.116 e. The highest BCUT2D eigenvalue weighted by molar-refractivity contribution is 5.95. The van der Waals surface area contributed by atoms with E-state index < -0.39 is 0 Å². The Labute approximate surface area is 187 Å². The van der Waals surface area contributed by atoms with Gasteiger partial charge in [-0.15, -0.1) is 0 Å². The number of rotatable bonds is 7. The van der Waals surface area contributed by atoms with Crippen LogP contribution in [0.5, 0.6) is 0 Å². The van der Waals surface area contributed by atoms with Gasteiger partial charge in [0.25, 0.3) is 0 Å². The van der Waals surface area contributed by atoms with Gasteiger partial charge in [-0.2, -0.15) is 5.10 Å². The maximum absolute atomic E-state index is 4.57. The van der Waals surface area contributed by atoms with E-state index in [1.807, 2.05) is 36.5 Å². The van der Waals surface area contributed by atoms with E-state index >= 15 is 0 Å². The van der Waals surface area contributed by atoms with Crippen LogP contribution in [0.1, 0.15) is 37.1 Å². The van der Waals surface area contributed by atoms with Crippen molar-refractivity contribution in [2.75, 3.05) is 5.32 Å². The van der Waals surface area contributed by atoms with Crippen LogP contribution in [0.3, 0.4) is 0 Å². The second-order valence-corrected chi connectivity index (χ2v) is 8.21. The predicted octanol–water partition coefficient (Wildman–Crippen LogP) is 5.61. The molecule has 0 radical (unpaired) electrons. The number of H-pyrrole nitrogens is 1. The molecule has 6 nitrogen and oxygen atoms in total. The minimum Gasteiger partial charge on any atom is -0.381 e. The maximum atomic E-state index is 4.57. The molecule has 1 fully saturated rings. The quantitative estimate of drug-likeness (QED) is 0.361. The van der Waals surface area contributed by atoms with E-state index in [-0.39, 0.29) is 0 Å². The predicted molar refractivity (Wildman–Crippen MR) is 131 cm³/mol. The van der Waals surface area contributed by atoms with Crippen LogP contribution < -0.4 is 10.6 Å². The molecule has 3 N–H and O–H groups in total. The number of pyridine rings is 2. The van der Waals surface area contributed by atoms with Gasteiger partial charge in [0.2, 0.25) is 0 Å². The third-order valence-corrected chi connectivity index (χ3v) is 5.94. The topological polar surface area (TPSA) is 78.5 Å². The average molecular weight is 423 g/mol. The molecule has 0 aliphatic heterocycles. The molecule has 6 heteroatoms. The van der Waals surface area contributed by atoms with E-state index in [0.717, 1.165) is 44.8 Å². The van der Waals surface area contributed by atoms with Crippen molar-refractivity contribution in [3.05, 3.63) is 85.6 Å². The van der Waals surface area contributed by atoms with Crippen molar-refractivity contribution in [1.82, 2.24) is 25.5 Å². The molecule has 5 rings (SSSR count). The molecule has 0 bridgehead atoms. The van der Waals surface area contributed by atoms with Gasteiger partial charge in [0.05, 0.1) is 34.5 Å². The fourth-order valence-electron chi connectivity index (χ4n) is 4.23. The lowest BCUT2D eigenvalue weighted by Crippen LogP contribution is -2.24. The molecule has 0 atom stereocenters. The Hall–Kier alpha value is -3.93. The monoisotopic (exact) mass is 422 g/mol. The van der Waals surface area contributed by atoms with Crippen LogP contribution in [0, 0.1) is 0 Å². The normalized spacial score (nSPS) is 13.9. The van der Waals surface area contributed by atoms with E-state index in [2.05, 4.69) is 56.1 Å². The van der Waals surface area contributed by atoms with Crippen molar-refractivity contribution < 1.29 is 0 Å². The number of aromatic amines is 1. The fourth-order valence-corrected chi connectivity index (χ4v) is 4.23. The SMILES string of the molecule is C=C(NC1CCCC1)c1ccc(NC(=C)c2n[nH]c3ccc(-c4cccnc4)cc23)cn1. The highest BCUT2D eigenvalue weighted by atomic mass is 15.1. The molecule has 0 spiro atoms. The van der Waals surface area contributed by atoms with Gasteiger partial charge in [0, 0.05) is 29.4 Å². The van der Waals surface area contributed by atoms with Crippen LogP contribution >= 0.6 is 0 Å². The van der Waals surface area contributed by atoms with Gasteiger partial charge in [-0.1, -0.05) is 38.1 Å². The molecule has 1 aliphatic rings. The lowest BCUT2D eigenvalue weighted by Gasteiger charge is -2.15. The Morgan fingerprint density at radius 1 is 0.969 bits per heavy atom. The molecule has 1 saturated carbocycles. The minimum absolute atomic E-state index is 0.520. The van der Waals surface area contributed by atoms with E-state index in [9.17, 15) is 0 Å². The van der Waals surface area contributed by atoms with Crippen LogP contribution in [-0.2, 0) is 0 Å². The molecular weight excluding hydrogens is 396 g/mol. The lowest BCUT2D eigenvalue weighted by atomic mass is 10.0. The molecular formula is C26H26N6. The van der Waals surface area contributed by atoms with Crippen LogP contribution in [0.15, 0.2) is 74.2 Å². The van der Waals surface area contributed by atoms with Crippen molar-refractivity contribution in [3.63, 3.8) is 0 Å². The first kappa shape index (κ1) is 20.0. The Kier molecular flexibility index (Phi) is 5.42. The summed E-state index contributed by atoms with van der Waals surface area (Å²) in [5, 5.41) is 15.4. The van der Waals surface area contributed by atoms with E-state index in [4.69, 9.17) is 0 Å². The lowest BCUT2D eigenvalue weighted by molar-refractivity contribution is 0.618. The summed E-state index contributed by atoms with van der Waals surface area (Å²) < 4.78 is 0. The van der Waals surface area contributed by atoms with Crippen molar-refractivity contribution in [3.8, 4) is 11.1 Å². The van der Waals surface area contributed by atoms with Crippen LogP contribution in [0.25, 0.3) is 33.4 Å². The number of benzene rings is 1. The molecule has 0 unspecified atom stereocenters. The van der Waals surface area contributed by atoms with Gasteiger partial charge in [-0.3, -0.25) is 15.1 Å². The Bertz CT molecular complexity index is 1250. The summed E-state index contributed by atoms with van der Waals surface area (Å²) >= 11 is 0. The van der Waals surface area contributed by atoms with Gasteiger partial charge in [0.1, 0.15) is 5.69 Å². The summed E-state index contributed by atoms with van der Waals surface area (Å²) in [6.07, 6.45) is 10.4. The smallest absolute Gasteiger partial charge is 0.116 e. The summed E-state index contributed by atoms with van der Waals surface area (Å²) in [5.41, 5.74) is 7.18. The largest absolute Gasteiger partial charge is 0.381 e. The molecule has 4 aromatic rings. The van der Waals surface area contributed by atoms with Crippen LogP contribution in [0.2, 0.25) is 0 Å². The Balaban J connectivity index is 1.32. The number of aromatic nitrogens is 4. The van der Waals surface area contributed by atoms with Gasteiger partial charge in [-0.25, -0.2) is 0 Å². The molecule has 3 heterocycles. The van der Waals surface area contributed by atoms with Crippen LogP contribution in [0.4, 0.5) is 5.69 Å². The first-order valence-corrected chi connectivity index (χ1v) is 10.9. The van der Waals surface area contributed by atoms with Crippen molar-refractivity contribution in [1.29, 1.82) is 0 Å². The van der Waals surface area contributed by atoms with Crippen molar-refractivity contribution in [2.24, 2.45) is 0 Å². The van der Waals surface area contributed by atoms with E-state index in [1.54, 1.807) is 12.4 Å². The molecule has 32 heavy (non-hydrogen) atoms. The number of hydrogen-bond acceptors (Lipinski definition) is 5. The first-order valence-electron chi connectivity index (χ1n) is 10.9. The number of nitrogens with one attached hydrogen (secondary N) is 3. The molecule has 1 aliphatic carbocycles. The summed E-state index contributed by atoms with van der Waals surface area (Å²) in [5.74, 6) is 0. The molecule has 1 aromatic carbocycles. The molecule has 160 valence electrons. The van der Waals surface area contributed by atoms with Gasteiger partial charge < -0.3 is 10.6 Å². The number of nitrogens with zero attached hydrogens (tertiary/aromatic N) is 3. The second-order valence-electron chi connectivity index (χ2n) is 8.21.